The number of aryl methyl sites for hydroxylation is 2. The van der Waals surface area contributed by atoms with Gasteiger partial charge in [-0.25, -0.2) is 0 Å². The Balaban J connectivity index is -0.000000202. The molecule has 0 amide bonds. The van der Waals surface area contributed by atoms with Crippen molar-refractivity contribution in [3.05, 3.63) is 103 Å². The zero-order valence-corrected chi connectivity index (χ0v) is 21.4. The number of fused-ring (bicyclic) bond motifs is 6. The molecule has 0 aromatic heterocycles. The molecule has 2 aliphatic heterocycles. The fourth-order valence-electron chi connectivity index (χ4n) is 3.34. The maximum atomic E-state index is 2.49. The second kappa shape index (κ2) is 14.3. The van der Waals surface area contributed by atoms with Crippen molar-refractivity contribution in [1.29, 1.82) is 0 Å². The minimum Gasteiger partial charge on any atom is -0.358 e. The first-order valence-electron chi connectivity index (χ1n) is 6.90. The largest absolute Gasteiger partial charge is 3.00 e. The first kappa shape index (κ1) is 37.1. The molecule has 0 radical (unpaired) electrons. The quantitative estimate of drug-likeness (QED) is 0.283. The van der Waals surface area contributed by atoms with E-state index in [1.165, 1.54) is 33.6 Å². The van der Waals surface area contributed by atoms with Crippen LogP contribution in [0.15, 0.2) is 36.4 Å². The Labute approximate surface area is 196 Å². The first-order valence-corrected chi connectivity index (χ1v) is 6.90. The molecule has 0 saturated carbocycles. The molecule has 2 aromatic carbocycles. The van der Waals surface area contributed by atoms with Gasteiger partial charge in [0.2, 0.25) is 0 Å². The van der Waals surface area contributed by atoms with Crippen LogP contribution in [0.2, 0.25) is 0 Å². The summed E-state index contributed by atoms with van der Waals surface area (Å²) in [5, 5.41) is 0. The van der Waals surface area contributed by atoms with Gasteiger partial charge in [-0.1, -0.05) is 35.4 Å². The average Bonchev–Trinajstić information content (AvgIpc) is 2.37. The molecule has 2 bridgehead atoms. The summed E-state index contributed by atoms with van der Waals surface area (Å²) in [6.45, 7) is 7.43. The summed E-state index contributed by atoms with van der Waals surface area (Å²) in [6.07, 6.45) is 0. The molecule has 0 unspecified atom stereocenters. The molecule has 0 aliphatic carbocycles. The molecular formula is C23H36N2Rh2. The van der Waals surface area contributed by atoms with Crippen LogP contribution in [0.4, 0.5) is 11.4 Å². The normalized spacial score (nSPS) is 11.3. The predicted octanol–water partition coefficient (Wildman–Crippen LogP) is 6.30. The minimum atomic E-state index is 0. The van der Waals surface area contributed by atoms with Crippen LogP contribution in [-0.4, -0.2) is 6.67 Å². The summed E-state index contributed by atoms with van der Waals surface area (Å²) >= 11 is 0. The van der Waals surface area contributed by atoms with Crippen LogP contribution >= 0.6 is 0 Å². The van der Waals surface area contributed by atoms with E-state index in [2.05, 4.69) is 60.0 Å². The van der Waals surface area contributed by atoms with E-state index in [4.69, 9.17) is 0 Å². The minimum absolute atomic E-state index is 0. The van der Waals surface area contributed by atoms with Gasteiger partial charge in [-0.2, -0.15) is 0 Å². The summed E-state index contributed by atoms with van der Waals surface area (Å²) in [5.41, 5.74) is 8.44. The van der Waals surface area contributed by atoms with Crippen molar-refractivity contribution in [2.45, 2.75) is 26.9 Å². The zero-order valence-electron chi connectivity index (χ0n) is 18.1. The fourth-order valence-corrected chi connectivity index (χ4v) is 3.34. The zero-order chi connectivity index (χ0) is 13.0. The summed E-state index contributed by atoms with van der Waals surface area (Å²) in [6, 6.07) is 13.7. The standard InChI is InChI=1S/C17H18N2.6CH3.2Rh/c1-12-3-5-16-14(7-12)9-18-11-19(16)10-15-8-13(2)4-6-17(15)18;;;;;;;;/h3-8H,9-11H2,1-2H3;6*1H3;;/q;6*-1;2*+3. The Kier molecular flexibility index (Phi) is 19.7. The van der Waals surface area contributed by atoms with Gasteiger partial charge in [-0.05, 0) is 37.1 Å². The Hall–Kier alpha value is -0.713. The molecule has 0 fully saturated rings. The van der Waals surface area contributed by atoms with Crippen molar-refractivity contribution in [3.63, 3.8) is 0 Å². The third-order valence-electron chi connectivity index (χ3n) is 4.22. The molecule has 156 valence electrons. The molecule has 0 N–H and O–H groups in total. The number of rotatable bonds is 0. The first-order chi connectivity index (χ1) is 9.20. The number of nitrogens with zero attached hydrogens (tertiary/aromatic N) is 2. The van der Waals surface area contributed by atoms with Crippen LogP contribution in [0.3, 0.4) is 0 Å². The van der Waals surface area contributed by atoms with Crippen molar-refractivity contribution in [2.75, 3.05) is 16.5 Å². The van der Waals surface area contributed by atoms with Gasteiger partial charge in [0.25, 0.3) is 0 Å². The van der Waals surface area contributed by atoms with Crippen LogP contribution < -0.4 is 9.80 Å². The molecule has 27 heavy (non-hydrogen) atoms. The Bertz CT molecular complexity index is 614. The van der Waals surface area contributed by atoms with E-state index in [1.807, 2.05) is 0 Å². The third-order valence-corrected chi connectivity index (χ3v) is 4.22. The van der Waals surface area contributed by atoms with Gasteiger partial charge in [0, 0.05) is 24.5 Å². The van der Waals surface area contributed by atoms with Gasteiger partial charge in [-0.15, -0.1) is 0 Å². The molecule has 2 nitrogen and oxygen atoms in total. The Morgan fingerprint density at radius 2 is 0.926 bits per heavy atom. The monoisotopic (exact) mass is 546 g/mol. The van der Waals surface area contributed by atoms with E-state index < -0.39 is 0 Å². The average molecular weight is 546 g/mol. The SMILES string of the molecule is Cc1ccc2c(c1)CN1CN2Cc2cc(C)ccc21.[CH3-].[CH3-].[CH3-].[CH3-].[CH3-].[CH3-].[Rh+3].[Rh+3]. The summed E-state index contributed by atoms with van der Waals surface area (Å²) in [7, 11) is 0. The molecule has 0 spiro atoms. The van der Waals surface area contributed by atoms with Crippen molar-refractivity contribution < 1.29 is 39.0 Å². The summed E-state index contributed by atoms with van der Waals surface area (Å²) in [4.78, 5) is 4.97. The van der Waals surface area contributed by atoms with E-state index in [1.54, 1.807) is 0 Å². The van der Waals surface area contributed by atoms with Crippen LogP contribution in [0.25, 0.3) is 0 Å². The molecule has 4 heteroatoms. The van der Waals surface area contributed by atoms with Crippen molar-refractivity contribution >= 4 is 11.4 Å². The third kappa shape index (κ3) is 6.69. The van der Waals surface area contributed by atoms with Gasteiger partial charge in [0.15, 0.2) is 0 Å². The second-order valence-corrected chi connectivity index (χ2v) is 5.80. The van der Waals surface area contributed by atoms with E-state index in [9.17, 15) is 0 Å². The smallest absolute Gasteiger partial charge is 0.358 e. The number of hydrogen-bond donors (Lipinski definition) is 0. The van der Waals surface area contributed by atoms with E-state index in [-0.39, 0.29) is 83.5 Å². The summed E-state index contributed by atoms with van der Waals surface area (Å²) in [5.74, 6) is 0. The topological polar surface area (TPSA) is 6.48 Å². The molecule has 2 heterocycles. The van der Waals surface area contributed by atoms with Gasteiger partial charge >= 0.3 is 39.0 Å². The maximum absolute atomic E-state index is 2.49. The fraction of sp³-hybridized carbons (Fsp3) is 0.217. The van der Waals surface area contributed by atoms with Crippen LogP contribution in [0.5, 0.6) is 0 Å². The second-order valence-electron chi connectivity index (χ2n) is 5.80. The van der Waals surface area contributed by atoms with E-state index in [0.717, 1.165) is 19.8 Å². The molecule has 0 atom stereocenters. The maximum Gasteiger partial charge on any atom is 3.00 e. The van der Waals surface area contributed by atoms with Gasteiger partial charge < -0.3 is 54.4 Å². The Morgan fingerprint density at radius 3 is 1.26 bits per heavy atom. The van der Waals surface area contributed by atoms with Crippen LogP contribution in [-0.2, 0) is 52.0 Å². The van der Waals surface area contributed by atoms with Gasteiger partial charge in [0.05, 0.1) is 6.67 Å². The molecule has 2 aromatic rings. The summed E-state index contributed by atoms with van der Waals surface area (Å²) < 4.78 is 0. The van der Waals surface area contributed by atoms with Crippen molar-refractivity contribution in [2.24, 2.45) is 0 Å². The van der Waals surface area contributed by atoms with E-state index in [0.29, 0.717) is 0 Å². The molecular weight excluding hydrogens is 510 g/mol. The van der Waals surface area contributed by atoms with Crippen molar-refractivity contribution in [1.82, 2.24) is 0 Å². The number of benzene rings is 2. The molecule has 0 saturated heterocycles. The number of anilines is 2. The predicted molar refractivity (Wildman–Crippen MR) is 118 cm³/mol. The van der Waals surface area contributed by atoms with Crippen LogP contribution in [0, 0.1) is 58.4 Å². The number of hydrogen-bond acceptors (Lipinski definition) is 2. The Morgan fingerprint density at radius 1 is 0.593 bits per heavy atom. The molecule has 2 aliphatic rings. The van der Waals surface area contributed by atoms with Crippen LogP contribution in [0.1, 0.15) is 22.3 Å². The van der Waals surface area contributed by atoms with E-state index >= 15 is 0 Å². The molecule has 4 rings (SSSR count). The van der Waals surface area contributed by atoms with Crippen molar-refractivity contribution in [3.8, 4) is 0 Å². The van der Waals surface area contributed by atoms with Gasteiger partial charge in [-0.3, -0.25) is 0 Å². The van der Waals surface area contributed by atoms with Gasteiger partial charge in [0.1, 0.15) is 0 Å².